The number of hydrogen-bond donors (Lipinski definition) is 1. The third kappa shape index (κ3) is 3.91. The molecule has 0 unspecified atom stereocenters. The lowest BCUT2D eigenvalue weighted by atomic mass is 10.1. The van der Waals surface area contributed by atoms with Crippen molar-refractivity contribution in [1.82, 2.24) is 9.88 Å². The minimum absolute atomic E-state index is 0.0762. The van der Waals surface area contributed by atoms with Crippen molar-refractivity contribution in [1.29, 1.82) is 0 Å². The molecule has 0 spiro atoms. The zero-order chi connectivity index (χ0) is 16.9. The van der Waals surface area contributed by atoms with Gasteiger partial charge in [-0.05, 0) is 31.4 Å². The van der Waals surface area contributed by atoms with Crippen LogP contribution in [0.4, 0.5) is 0 Å². The Morgan fingerprint density at radius 3 is 2.96 bits per heavy atom. The number of unbranched alkanes of at least 4 members (excludes halogenated alkanes) is 1. The van der Waals surface area contributed by atoms with Crippen molar-refractivity contribution in [3.63, 3.8) is 0 Å². The fraction of sp³-hybridized carbons (Fsp3) is 0.471. The third-order valence-corrected chi connectivity index (χ3v) is 5.20. The van der Waals surface area contributed by atoms with Crippen LogP contribution in [0.2, 0.25) is 0 Å². The van der Waals surface area contributed by atoms with Crippen molar-refractivity contribution in [3.8, 4) is 0 Å². The number of benzene rings is 1. The summed E-state index contributed by atoms with van der Waals surface area (Å²) in [5, 5.41) is 10.2. The lowest BCUT2D eigenvalue weighted by molar-refractivity contribution is -0.158. The van der Waals surface area contributed by atoms with Crippen LogP contribution < -0.4 is 0 Å². The number of carbonyl (C=O) groups excluding carboxylic acids is 1. The summed E-state index contributed by atoms with van der Waals surface area (Å²) in [4.78, 5) is 29.5. The van der Waals surface area contributed by atoms with Gasteiger partial charge in [0.05, 0.1) is 28.4 Å². The van der Waals surface area contributed by atoms with E-state index in [0.717, 1.165) is 29.8 Å². The van der Waals surface area contributed by atoms with Gasteiger partial charge in [-0.1, -0.05) is 12.1 Å². The fourth-order valence-corrected chi connectivity index (χ4v) is 3.84. The highest BCUT2D eigenvalue weighted by molar-refractivity contribution is 7.18. The number of amides is 1. The van der Waals surface area contributed by atoms with Gasteiger partial charge >= 0.3 is 5.97 Å². The number of carbonyl (C=O) groups is 2. The molecule has 1 saturated heterocycles. The molecule has 1 aliphatic heterocycles. The van der Waals surface area contributed by atoms with Gasteiger partial charge in [0.25, 0.3) is 0 Å². The van der Waals surface area contributed by atoms with E-state index >= 15 is 0 Å². The lowest BCUT2D eigenvalue weighted by Crippen LogP contribution is -2.52. The van der Waals surface area contributed by atoms with Crippen LogP contribution in [-0.4, -0.2) is 52.7 Å². The van der Waals surface area contributed by atoms with Crippen molar-refractivity contribution >= 4 is 33.4 Å². The molecule has 0 saturated carbocycles. The molecule has 2 heterocycles. The van der Waals surface area contributed by atoms with Crippen LogP contribution in [0.1, 0.15) is 24.3 Å². The van der Waals surface area contributed by atoms with E-state index in [9.17, 15) is 9.59 Å². The van der Waals surface area contributed by atoms with Crippen molar-refractivity contribution in [2.24, 2.45) is 0 Å². The molecule has 0 aliphatic carbocycles. The van der Waals surface area contributed by atoms with Crippen LogP contribution in [0.3, 0.4) is 0 Å². The average Bonchev–Trinajstić information content (AvgIpc) is 3.01. The molecule has 1 aromatic heterocycles. The van der Waals surface area contributed by atoms with Crippen LogP contribution in [-0.2, 0) is 20.7 Å². The van der Waals surface area contributed by atoms with Gasteiger partial charge in [-0.3, -0.25) is 4.79 Å². The molecule has 1 atom stereocenters. The monoisotopic (exact) mass is 348 g/mol. The van der Waals surface area contributed by atoms with Crippen molar-refractivity contribution in [3.05, 3.63) is 29.3 Å². The number of carboxylic acid groups (broad SMARTS) is 1. The van der Waals surface area contributed by atoms with Crippen LogP contribution in [0.5, 0.6) is 0 Å². The van der Waals surface area contributed by atoms with E-state index in [2.05, 4.69) is 11.1 Å². The molecular weight excluding hydrogens is 328 g/mol. The maximum absolute atomic E-state index is 12.3. The van der Waals surface area contributed by atoms with Crippen LogP contribution >= 0.6 is 11.3 Å². The summed E-state index contributed by atoms with van der Waals surface area (Å²) in [5.74, 6) is -1.10. The second kappa shape index (κ2) is 7.72. The van der Waals surface area contributed by atoms with E-state index in [1.165, 1.54) is 9.60 Å². The molecule has 1 aliphatic rings. The number of carboxylic acids is 1. The second-order valence-electron chi connectivity index (χ2n) is 5.80. The van der Waals surface area contributed by atoms with E-state index in [1.54, 1.807) is 11.3 Å². The Bertz CT molecular complexity index is 697. The molecule has 1 aromatic carbocycles. The summed E-state index contributed by atoms with van der Waals surface area (Å²) >= 11 is 1.69. The number of hydrogen-bond acceptors (Lipinski definition) is 5. The molecule has 1 N–H and O–H groups in total. The summed E-state index contributed by atoms with van der Waals surface area (Å²) in [7, 11) is 0. The predicted octanol–water partition coefficient (Wildman–Crippen LogP) is 2.32. The second-order valence-corrected chi connectivity index (χ2v) is 6.91. The largest absolute Gasteiger partial charge is 0.480 e. The molecule has 24 heavy (non-hydrogen) atoms. The minimum Gasteiger partial charge on any atom is -0.480 e. The zero-order valence-corrected chi connectivity index (χ0v) is 14.1. The molecular formula is C17H20N2O4S. The average molecular weight is 348 g/mol. The first-order valence-electron chi connectivity index (χ1n) is 8.09. The van der Waals surface area contributed by atoms with Gasteiger partial charge in [0.15, 0.2) is 6.04 Å². The standard InChI is InChI=1S/C17H20N2O4S/c20-16(19-9-10-23-11-13(19)17(21)22)8-4-3-7-15-18-12-5-1-2-6-14(12)24-15/h1-2,5-6,13H,3-4,7-11H2,(H,21,22)/t13-/m1/s1. The zero-order valence-electron chi connectivity index (χ0n) is 13.3. The number of aryl methyl sites for hydroxylation is 1. The Morgan fingerprint density at radius 1 is 1.33 bits per heavy atom. The maximum atomic E-state index is 12.3. The van der Waals surface area contributed by atoms with E-state index in [4.69, 9.17) is 9.84 Å². The first-order valence-corrected chi connectivity index (χ1v) is 8.91. The van der Waals surface area contributed by atoms with Gasteiger partial charge in [0.2, 0.25) is 5.91 Å². The Labute approximate surface area is 144 Å². The van der Waals surface area contributed by atoms with E-state index in [-0.39, 0.29) is 12.5 Å². The van der Waals surface area contributed by atoms with Crippen molar-refractivity contribution in [2.75, 3.05) is 19.8 Å². The number of morpholine rings is 1. The van der Waals surface area contributed by atoms with Gasteiger partial charge in [-0.25, -0.2) is 9.78 Å². The summed E-state index contributed by atoms with van der Waals surface area (Å²) in [6, 6.07) is 7.19. The van der Waals surface area contributed by atoms with Gasteiger partial charge in [-0.15, -0.1) is 11.3 Å². The summed E-state index contributed by atoms with van der Waals surface area (Å²) in [6.07, 6.45) is 2.82. The van der Waals surface area contributed by atoms with Crippen LogP contribution in [0.25, 0.3) is 10.2 Å². The van der Waals surface area contributed by atoms with Crippen LogP contribution in [0, 0.1) is 0 Å². The van der Waals surface area contributed by atoms with Crippen molar-refractivity contribution < 1.29 is 19.4 Å². The Balaban J connectivity index is 1.47. The molecule has 6 nitrogen and oxygen atoms in total. The number of para-hydroxylation sites is 1. The van der Waals surface area contributed by atoms with Gasteiger partial charge in [0, 0.05) is 13.0 Å². The van der Waals surface area contributed by atoms with Crippen LogP contribution in [0.15, 0.2) is 24.3 Å². The highest BCUT2D eigenvalue weighted by Gasteiger charge is 2.32. The summed E-state index contributed by atoms with van der Waals surface area (Å²) in [6.45, 7) is 0.835. The minimum atomic E-state index is -1.00. The number of fused-ring (bicyclic) bond motifs is 1. The highest BCUT2D eigenvalue weighted by atomic mass is 32.1. The first kappa shape index (κ1) is 16.9. The molecule has 2 aromatic rings. The molecule has 3 rings (SSSR count). The fourth-order valence-electron chi connectivity index (χ4n) is 2.83. The molecule has 7 heteroatoms. The number of aromatic nitrogens is 1. The number of ether oxygens (including phenoxy) is 1. The SMILES string of the molecule is O=C(O)[C@H]1COCCN1C(=O)CCCCc1nc2ccccc2s1. The van der Waals surface area contributed by atoms with E-state index < -0.39 is 12.0 Å². The predicted molar refractivity (Wildman–Crippen MR) is 91.1 cm³/mol. The van der Waals surface area contributed by atoms with Crippen molar-refractivity contribution in [2.45, 2.75) is 31.7 Å². The molecule has 1 fully saturated rings. The molecule has 1 amide bonds. The smallest absolute Gasteiger partial charge is 0.328 e. The highest BCUT2D eigenvalue weighted by Crippen LogP contribution is 2.23. The number of thiazole rings is 1. The third-order valence-electron chi connectivity index (χ3n) is 4.10. The van der Waals surface area contributed by atoms with E-state index in [0.29, 0.717) is 19.6 Å². The summed E-state index contributed by atoms with van der Waals surface area (Å²) in [5.41, 5.74) is 1.02. The van der Waals surface area contributed by atoms with Gasteiger partial charge in [-0.2, -0.15) is 0 Å². The number of aliphatic carboxylic acids is 1. The topological polar surface area (TPSA) is 79.7 Å². The van der Waals surface area contributed by atoms with Gasteiger partial charge in [0.1, 0.15) is 0 Å². The quantitative estimate of drug-likeness (QED) is 0.811. The number of nitrogens with zero attached hydrogens (tertiary/aromatic N) is 2. The molecule has 128 valence electrons. The van der Waals surface area contributed by atoms with E-state index in [1.807, 2.05) is 18.2 Å². The summed E-state index contributed by atoms with van der Waals surface area (Å²) < 4.78 is 6.34. The maximum Gasteiger partial charge on any atom is 0.328 e. The number of rotatable bonds is 6. The molecule has 0 bridgehead atoms. The lowest BCUT2D eigenvalue weighted by Gasteiger charge is -2.32. The first-order chi connectivity index (χ1) is 11.6. The normalized spacial score (nSPS) is 18.0. The molecule has 0 radical (unpaired) electrons. The Hall–Kier alpha value is -1.99. The Kier molecular flexibility index (Phi) is 5.42. The van der Waals surface area contributed by atoms with Gasteiger partial charge < -0.3 is 14.7 Å². The Morgan fingerprint density at radius 2 is 2.17 bits per heavy atom.